The van der Waals surface area contributed by atoms with Crippen LogP contribution in [0.15, 0.2) is 48.5 Å². The summed E-state index contributed by atoms with van der Waals surface area (Å²) < 4.78 is 0. The first-order chi connectivity index (χ1) is 9.69. The van der Waals surface area contributed by atoms with Gasteiger partial charge in [0.15, 0.2) is 0 Å². The number of halogens is 2. The van der Waals surface area contributed by atoms with Crippen molar-refractivity contribution in [2.45, 2.75) is 25.9 Å². The molecular formula is C17H19Cl2N. The molecule has 0 heterocycles. The van der Waals surface area contributed by atoms with Gasteiger partial charge < -0.3 is 5.32 Å². The van der Waals surface area contributed by atoms with Gasteiger partial charge in [-0.3, -0.25) is 0 Å². The van der Waals surface area contributed by atoms with Crippen LogP contribution in [0.3, 0.4) is 0 Å². The Hall–Kier alpha value is -1.02. The third kappa shape index (κ3) is 4.52. The van der Waals surface area contributed by atoms with Crippen LogP contribution in [0.4, 0.5) is 0 Å². The zero-order valence-electron chi connectivity index (χ0n) is 11.6. The van der Waals surface area contributed by atoms with E-state index >= 15 is 0 Å². The average Bonchev–Trinajstić information content (AvgIpc) is 2.46. The lowest BCUT2D eigenvalue weighted by Crippen LogP contribution is -2.32. The summed E-state index contributed by atoms with van der Waals surface area (Å²) in [6.07, 6.45) is 0.924. The molecule has 0 saturated heterocycles. The maximum absolute atomic E-state index is 6.24. The van der Waals surface area contributed by atoms with Crippen LogP contribution in [0.5, 0.6) is 0 Å². The van der Waals surface area contributed by atoms with E-state index in [1.54, 1.807) is 0 Å². The Balaban J connectivity index is 1.93. The van der Waals surface area contributed by atoms with E-state index in [1.807, 2.05) is 19.1 Å². The van der Waals surface area contributed by atoms with Crippen molar-refractivity contribution in [3.8, 4) is 0 Å². The molecule has 1 nitrogen and oxygen atoms in total. The van der Waals surface area contributed by atoms with E-state index in [-0.39, 0.29) is 6.04 Å². The topological polar surface area (TPSA) is 12.0 Å². The van der Waals surface area contributed by atoms with Crippen molar-refractivity contribution in [3.63, 3.8) is 0 Å². The van der Waals surface area contributed by atoms with E-state index in [4.69, 9.17) is 23.2 Å². The lowest BCUT2D eigenvalue weighted by atomic mass is 10.1. The fourth-order valence-electron chi connectivity index (χ4n) is 2.13. The summed E-state index contributed by atoms with van der Waals surface area (Å²) in [7, 11) is 0. The highest BCUT2D eigenvalue weighted by atomic mass is 35.5. The monoisotopic (exact) mass is 307 g/mol. The molecule has 2 aromatic rings. The number of hydrogen-bond donors (Lipinski definition) is 1. The van der Waals surface area contributed by atoms with Crippen LogP contribution in [0, 0.1) is 6.92 Å². The molecule has 2 rings (SSSR count). The van der Waals surface area contributed by atoms with E-state index < -0.39 is 0 Å². The fraction of sp³-hybridized carbons (Fsp3) is 0.294. The number of hydrogen-bond acceptors (Lipinski definition) is 1. The minimum atomic E-state index is 0.247. The molecule has 0 amide bonds. The van der Waals surface area contributed by atoms with Crippen LogP contribution in [0.1, 0.15) is 16.7 Å². The van der Waals surface area contributed by atoms with Gasteiger partial charge in [-0.15, -0.1) is 11.6 Å². The van der Waals surface area contributed by atoms with Gasteiger partial charge >= 0.3 is 0 Å². The van der Waals surface area contributed by atoms with Gasteiger partial charge in [0, 0.05) is 23.5 Å². The first kappa shape index (κ1) is 15.4. The van der Waals surface area contributed by atoms with Gasteiger partial charge in [-0.1, -0.05) is 54.1 Å². The molecule has 0 saturated carbocycles. The molecule has 0 bridgehead atoms. The second kappa shape index (κ2) is 7.68. The Kier molecular flexibility index (Phi) is 5.90. The molecular weight excluding hydrogens is 289 g/mol. The van der Waals surface area contributed by atoms with Gasteiger partial charge in [0.2, 0.25) is 0 Å². The highest BCUT2D eigenvalue weighted by molar-refractivity contribution is 6.31. The Morgan fingerprint density at radius 2 is 1.85 bits per heavy atom. The van der Waals surface area contributed by atoms with E-state index in [0.717, 1.165) is 23.6 Å². The minimum absolute atomic E-state index is 0.247. The number of benzene rings is 2. The quantitative estimate of drug-likeness (QED) is 0.770. The summed E-state index contributed by atoms with van der Waals surface area (Å²) in [5, 5.41) is 4.29. The van der Waals surface area contributed by atoms with Crippen molar-refractivity contribution < 1.29 is 0 Å². The summed E-state index contributed by atoms with van der Waals surface area (Å²) in [5.74, 6) is 0.582. The van der Waals surface area contributed by atoms with E-state index in [2.05, 4.69) is 41.7 Å². The van der Waals surface area contributed by atoms with Crippen molar-refractivity contribution in [1.29, 1.82) is 0 Å². The SMILES string of the molecule is Cc1ccc(CNC(CCl)Cc2ccccc2)c(Cl)c1. The molecule has 1 atom stereocenters. The Morgan fingerprint density at radius 3 is 2.50 bits per heavy atom. The smallest absolute Gasteiger partial charge is 0.0453 e. The molecule has 0 aliphatic carbocycles. The minimum Gasteiger partial charge on any atom is -0.308 e. The molecule has 0 aliphatic rings. The van der Waals surface area contributed by atoms with Crippen LogP contribution in [0.25, 0.3) is 0 Å². The molecule has 0 spiro atoms. The second-order valence-corrected chi connectivity index (χ2v) is 5.73. The first-order valence-electron chi connectivity index (χ1n) is 6.77. The highest BCUT2D eigenvalue weighted by Crippen LogP contribution is 2.17. The van der Waals surface area contributed by atoms with E-state index in [9.17, 15) is 0 Å². The molecule has 0 aliphatic heterocycles. The lowest BCUT2D eigenvalue weighted by molar-refractivity contribution is 0.550. The summed E-state index contributed by atoms with van der Waals surface area (Å²) in [4.78, 5) is 0. The van der Waals surface area contributed by atoms with Gasteiger partial charge in [-0.2, -0.15) is 0 Å². The van der Waals surface area contributed by atoms with Crippen LogP contribution < -0.4 is 5.32 Å². The number of aryl methyl sites for hydroxylation is 1. The van der Waals surface area contributed by atoms with E-state index in [1.165, 1.54) is 11.1 Å². The van der Waals surface area contributed by atoms with Crippen molar-refractivity contribution in [1.82, 2.24) is 5.32 Å². The Labute approximate surface area is 130 Å². The number of nitrogens with one attached hydrogen (secondary N) is 1. The van der Waals surface area contributed by atoms with Crippen molar-refractivity contribution >= 4 is 23.2 Å². The van der Waals surface area contributed by atoms with Crippen LogP contribution in [-0.2, 0) is 13.0 Å². The first-order valence-corrected chi connectivity index (χ1v) is 7.68. The zero-order chi connectivity index (χ0) is 14.4. The molecule has 20 heavy (non-hydrogen) atoms. The molecule has 2 aromatic carbocycles. The second-order valence-electron chi connectivity index (χ2n) is 5.02. The normalized spacial score (nSPS) is 12.3. The molecule has 3 heteroatoms. The summed E-state index contributed by atoms with van der Waals surface area (Å²) >= 11 is 12.3. The Bertz CT molecular complexity index is 540. The van der Waals surface area contributed by atoms with Gasteiger partial charge in [-0.05, 0) is 36.1 Å². The average molecular weight is 308 g/mol. The molecule has 1 N–H and O–H groups in total. The van der Waals surface area contributed by atoms with Gasteiger partial charge in [0.05, 0.1) is 0 Å². The molecule has 106 valence electrons. The maximum atomic E-state index is 6.24. The highest BCUT2D eigenvalue weighted by Gasteiger charge is 2.09. The zero-order valence-corrected chi connectivity index (χ0v) is 13.1. The molecule has 0 aromatic heterocycles. The third-order valence-electron chi connectivity index (χ3n) is 3.30. The molecule has 1 unspecified atom stereocenters. The Morgan fingerprint density at radius 1 is 1.10 bits per heavy atom. The summed E-state index contributed by atoms with van der Waals surface area (Å²) in [6.45, 7) is 2.78. The van der Waals surface area contributed by atoms with Gasteiger partial charge in [-0.25, -0.2) is 0 Å². The van der Waals surface area contributed by atoms with Crippen molar-refractivity contribution in [2.75, 3.05) is 5.88 Å². The summed E-state index contributed by atoms with van der Waals surface area (Å²) in [5.41, 5.74) is 3.58. The standard InChI is InChI=1S/C17H19Cl2N/c1-13-7-8-15(17(19)9-13)12-20-16(11-18)10-14-5-3-2-4-6-14/h2-9,16,20H,10-12H2,1H3. The van der Waals surface area contributed by atoms with E-state index in [0.29, 0.717) is 5.88 Å². The largest absolute Gasteiger partial charge is 0.308 e. The van der Waals surface area contributed by atoms with Crippen molar-refractivity contribution in [2.24, 2.45) is 0 Å². The summed E-state index contributed by atoms with van der Waals surface area (Å²) in [6, 6.07) is 16.8. The molecule has 0 fully saturated rings. The third-order valence-corrected chi connectivity index (χ3v) is 4.03. The predicted octanol–water partition coefficient (Wildman–Crippen LogP) is 4.59. The lowest BCUT2D eigenvalue weighted by Gasteiger charge is -2.17. The number of rotatable bonds is 6. The van der Waals surface area contributed by atoms with Crippen LogP contribution in [-0.4, -0.2) is 11.9 Å². The number of alkyl halides is 1. The van der Waals surface area contributed by atoms with Gasteiger partial charge in [0.25, 0.3) is 0 Å². The predicted molar refractivity (Wildman–Crippen MR) is 87.7 cm³/mol. The molecule has 0 radical (unpaired) electrons. The maximum Gasteiger partial charge on any atom is 0.0453 e. The van der Waals surface area contributed by atoms with Crippen LogP contribution in [0.2, 0.25) is 5.02 Å². The van der Waals surface area contributed by atoms with Crippen LogP contribution >= 0.6 is 23.2 Å². The fourth-order valence-corrected chi connectivity index (χ4v) is 2.65. The van der Waals surface area contributed by atoms with Crippen molar-refractivity contribution in [3.05, 3.63) is 70.2 Å². The van der Waals surface area contributed by atoms with Gasteiger partial charge in [0.1, 0.15) is 0 Å².